The third-order valence-corrected chi connectivity index (χ3v) is 1.12. The highest BCUT2D eigenvalue weighted by molar-refractivity contribution is 7.78. The van der Waals surface area contributed by atoms with Gasteiger partial charge in [-0.3, -0.25) is 0 Å². The fourth-order valence-corrected chi connectivity index (χ4v) is 0.442. The van der Waals surface area contributed by atoms with E-state index in [-0.39, 0.29) is 9.84 Å². The van der Waals surface area contributed by atoms with Crippen LogP contribution in [0.2, 0.25) is 0 Å². The van der Waals surface area contributed by atoms with Crippen molar-refractivity contribution in [1.29, 1.82) is 0 Å². The van der Waals surface area contributed by atoms with E-state index in [1.807, 2.05) is 0 Å². The van der Waals surface area contributed by atoms with Crippen molar-refractivity contribution in [3.05, 3.63) is 0 Å². The first-order valence-electron chi connectivity index (χ1n) is 1.30. The van der Waals surface area contributed by atoms with Crippen LogP contribution in [0.5, 0.6) is 0 Å². The van der Waals surface area contributed by atoms with E-state index < -0.39 is 0 Å². The summed E-state index contributed by atoms with van der Waals surface area (Å²) in [6, 6.07) is 0. The third kappa shape index (κ3) is 5.82. The zero-order valence-electron chi connectivity index (χ0n) is 3.21. The molecule has 0 amide bonds. The molecule has 0 atom stereocenters. The first-order chi connectivity index (χ1) is 3.41. The molecule has 0 unspecified atom stereocenters. The van der Waals surface area contributed by atoms with Crippen molar-refractivity contribution in [3.63, 3.8) is 0 Å². The second-order valence-electron chi connectivity index (χ2n) is 0.506. The minimum absolute atomic E-state index is 0.0517. The van der Waals surface area contributed by atoms with Crippen LogP contribution in [0, 0.1) is 0 Å². The van der Waals surface area contributed by atoms with Gasteiger partial charge < -0.3 is 0 Å². The standard InChI is InChI=1S/C2N2S2Si/c5-1-3-7-4-2-6. The molecule has 0 bridgehead atoms. The lowest BCUT2D eigenvalue weighted by molar-refractivity contribution is 1.77. The Hall–Kier alpha value is -0.183. The molecule has 0 saturated carbocycles. The van der Waals surface area contributed by atoms with E-state index in [2.05, 4.69) is 44.1 Å². The summed E-state index contributed by atoms with van der Waals surface area (Å²) in [7, 11) is 0.0517. The zero-order chi connectivity index (χ0) is 5.54. The van der Waals surface area contributed by atoms with Crippen LogP contribution in [-0.2, 0) is 0 Å². The highest BCUT2D eigenvalue weighted by Gasteiger charge is 1.69. The topological polar surface area (TPSA) is 24.7 Å². The van der Waals surface area contributed by atoms with Gasteiger partial charge >= 0.3 is 9.84 Å². The maximum absolute atomic E-state index is 4.23. The molecule has 5 heteroatoms. The van der Waals surface area contributed by atoms with E-state index in [1.165, 1.54) is 0 Å². The first-order valence-corrected chi connectivity index (χ1v) is 3.01. The van der Waals surface area contributed by atoms with E-state index >= 15 is 0 Å². The van der Waals surface area contributed by atoms with Crippen LogP contribution in [0.25, 0.3) is 0 Å². The lowest BCUT2D eigenvalue weighted by Crippen LogP contribution is -1.72. The van der Waals surface area contributed by atoms with Crippen molar-refractivity contribution in [1.82, 2.24) is 0 Å². The van der Waals surface area contributed by atoms with E-state index in [4.69, 9.17) is 0 Å². The maximum Gasteiger partial charge on any atom is 0.398 e. The Balaban J connectivity index is 3.33. The summed E-state index contributed by atoms with van der Waals surface area (Å²) in [5, 5.41) is 4.29. The summed E-state index contributed by atoms with van der Waals surface area (Å²) in [6.45, 7) is 0. The minimum atomic E-state index is 0.0517. The van der Waals surface area contributed by atoms with E-state index in [1.54, 1.807) is 0 Å². The molecule has 0 aromatic rings. The predicted molar refractivity (Wildman–Crippen MR) is 35.8 cm³/mol. The number of hydrogen-bond acceptors (Lipinski definition) is 4. The normalized spacial score (nSPS) is 5.71. The summed E-state index contributed by atoms with van der Waals surface area (Å²) in [5.74, 6) is 0. The molecule has 7 heavy (non-hydrogen) atoms. The Kier molecular flexibility index (Phi) is 5.66. The lowest BCUT2D eigenvalue weighted by atomic mass is 11.8. The van der Waals surface area contributed by atoms with Crippen molar-refractivity contribution in [2.75, 3.05) is 0 Å². The van der Waals surface area contributed by atoms with E-state index in [0.29, 0.717) is 0 Å². The van der Waals surface area contributed by atoms with E-state index in [9.17, 15) is 0 Å². The van der Waals surface area contributed by atoms with Gasteiger partial charge in [0, 0.05) is 0 Å². The average molecular weight is 144 g/mol. The molecule has 0 aromatic heterocycles. The quantitative estimate of drug-likeness (QED) is 0.324. The van der Waals surface area contributed by atoms with Crippen molar-refractivity contribution < 1.29 is 0 Å². The van der Waals surface area contributed by atoms with Gasteiger partial charge in [0.2, 0.25) is 0 Å². The van der Waals surface area contributed by atoms with Crippen molar-refractivity contribution in [3.8, 4) is 0 Å². The second-order valence-corrected chi connectivity index (χ2v) is 1.52. The Bertz CT molecular complexity index is 117. The Morgan fingerprint density at radius 1 is 1.14 bits per heavy atom. The lowest BCUT2D eigenvalue weighted by Gasteiger charge is -1.61. The molecule has 34 valence electrons. The summed E-state index contributed by atoms with van der Waals surface area (Å²) in [6.07, 6.45) is 0. The maximum atomic E-state index is 4.23. The van der Waals surface area contributed by atoms with Gasteiger partial charge in [-0.2, -0.15) is 0 Å². The van der Waals surface area contributed by atoms with Crippen LogP contribution in [-0.4, -0.2) is 20.2 Å². The molecule has 0 saturated heterocycles. The van der Waals surface area contributed by atoms with E-state index in [0.717, 1.165) is 0 Å². The van der Waals surface area contributed by atoms with Crippen LogP contribution in [0.4, 0.5) is 0 Å². The first kappa shape index (κ1) is 6.82. The van der Waals surface area contributed by atoms with Crippen molar-refractivity contribution in [2.45, 2.75) is 0 Å². The summed E-state index contributed by atoms with van der Waals surface area (Å²) in [5.41, 5.74) is 0. The van der Waals surface area contributed by atoms with Crippen LogP contribution in [0.3, 0.4) is 0 Å². The molecule has 0 rings (SSSR count). The SMILES string of the molecule is S=C=N[Si]N=C=S. The Morgan fingerprint density at radius 3 is 1.86 bits per heavy atom. The molecule has 0 aliphatic heterocycles. The van der Waals surface area contributed by atoms with Gasteiger partial charge in [0.1, 0.15) is 0 Å². The van der Waals surface area contributed by atoms with Crippen LogP contribution < -0.4 is 0 Å². The fraction of sp³-hybridized carbons (Fsp3) is 0. The van der Waals surface area contributed by atoms with Crippen LogP contribution in [0.15, 0.2) is 9.32 Å². The smallest absolute Gasteiger partial charge is 0.242 e. The highest BCUT2D eigenvalue weighted by atomic mass is 32.1. The van der Waals surface area contributed by atoms with Crippen LogP contribution >= 0.6 is 24.4 Å². The van der Waals surface area contributed by atoms with Gasteiger partial charge in [-0.15, -0.1) is 0 Å². The summed E-state index contributed by atoms with van der Waals surface area (Å²) in [4.78, 5) is 0. The molecular weight excluding hydrogens is 144 g/mol. The number of nitrogens with zero attached hydrogens (tertiary/aromatic N) is 2. The summed E-state index contributed by atoms with van der Waals surface area (Å²) >= 11 is 8.47. The monoisotopic (exact) mass is 144 g/mol. The van der Waals surface area contributed by atoms with Crippen LogP contribution in [0.1, 0.15) is 0 Å². The molecule has 0 aliphatic rings. The van der Waals surface area contributed by atoms with Gasteiger partial charge in [-0.05, 0) is 24.4 Å². The van der Waals surface area contributed by atoms with Crippen molar-refractivity contribution >= 4 is 44.6 Å². The molecule has 0 aliphatic carbocycles. The molecular formula is C2N2S2Si. The van der Waals surface area contributed by atoms with Gasteiger partial charge in [0.15, 0.2) is 0 Å². The van der Waals surface area contributed by atoms with Gasteiger partial charge in [-0.25, -0.2) is 9.32 Å². The zero-order valence-corrected chi connectivity index (χ0v) is 5.84. The second kappa shape index (κ2) is 5.82. The minimum Gasteiger partial charge on any atom is -0.242 e. The van der Waals surface area contributed by atoms with Gasteiger partial charge in [0.05, 0.1) is 10.3 Å². The summed E-state index contributed by atoms with van der Waals surface area (Å²) < 4.78 is 6.92. The molecule has 0 fully saturated rings. The number of hydrogen-bond donors (Lipinski definition) is 0. The largest absolute Gasteiger partial charge is 0.398 e. The Labute approximate surface area is 54.3 Å². The Morgan fingerprint density at radius 2 is 1.57 bits per heavy atom. The molecule has 0 spiro atoms. The number of rotatable bonds is 2. The number of isothiocyanates is 2. The predicted octanol–water partition coefficient (Wildman–Crippen LogP) is 0.726. The molecule has 2 radical (unpaired) electrons. The van der Waals surface area contributed by atoms with Gasteiger partial charge in [0.25, 0.3) is 0 Å². The molecule has 2 nitrogen and oxygen atoms in total. The van der Waals surface area contributed by atoms with Crippen molar-refractivity contribution in [2.24, 2.45) is 9.32 Å². The fourth-order valence-electron chi connectivity index (χ4n) is 0.0658. The molecule has 0 N–H and O–H groups in total. The van der Waals surface area contributed by atoms with Gasteiger partial charge in [-0.1, -0.05) is 0 Å². The average Bonchev–Trinajstić information content (AvgIpc) is 1.69. The third-order valence-electron chi connectivity index (χ3n) is 0.191. The molecule has 0 aromatic carbocycles. The highest BCUT2D eigenvalue weighted by Crippen LogP contribution is 1.58. The molecule has 0 heterocycles. The number of thiocarbonyl (C=S) groups is 2.